The third kappa shape index (κ3) is 3.20. The molecule has 0 bridgehead atoms. The number of H-pyrrole nitrogens is 1. The lowest BCUT2D eigenvalue weighted by atomic mass is 9.95. The number of para-hydroxylation sites is 1. The average Bonchev–Trinajstić information content (AvgIpc) is 3.46. The van der Waals surface area contributed by atoms with Gasteiger partial charge in [-0.05, 0) is 63.9 Å². The molecule has 0 saturated heterocycles. The van der Waals surface area contributed by atoms with Crippen LogP contribution < -0.4 is 0 Å². The number of aromatic nitrogens is 2. The zero-order valence-electron chi connectivity index (χ0n) is 18.8. The predicted molar refractivity (Wildman–Crippen MR) is 140 cm³/mol. The molecule has 6 rings (SSSR count). The number of esters is 1. The molecule has 0 amide bonds. The number of thioether (sulfide) groups is 1. The van der Waals surface area contributed by atoms with E-state index < -0.39 is 0 Å². The van der Waals surface area contributed by atoms with Crippen LogP contribution in [0.25, 0.3) is 49.6 Å². The molecule has 4 aromatic carbocycles. The van der Waals surface area contributed by atoms with Gasteiger partial charge in [0.25, 0.3) is 0 Å². The van der Waals surface area contributed by atoms with E-state index in [1.54, 1.807) is 11.8 Å². The molecule has 1 aliphatic carbocycles. The van der Waals surface area contributed by atoms with Crippen molar-refractivity contribution in [1.29, 1.82) is 0 Å². The fourth-order valence-corrected chi connectivity index (χ4v) is 5.39. The van der Waals surface area contributed by atoms with Gasteiger partial charge in [0.1, 0.15) is 0 Å². The Morgan fingerprint density at radius 3 is 2.41 bits per heavy atom. The first-order chi connectivity index (χ1) is 16.7. The van der Waals surface area contributed by atoms with Crippen LogP contribution >= 0.6 is 11.8 Å². The SMILES string of the molecule is COC(=O)c1c(SC)cc(-c2ccc3ccccc3c2)c2cc3[nH]n(-c4ccccc4)cc-3c12. The topological polar surface area (TPSA) is 47.0 Å². The van der Waals surface area contributed by atoms with Gasteiger partial charge in [-0.15, -0.1) is 11.8 Å². The van der Waals surface area contributed by atoms with Gasteiger partial charge in [-0.2, -0.15) is 0 Å². The molecule has 0 unspecified atom stereocenters. The molecule has 4 aromatic rings. The van der Waals surface area contributed by atoms with Gasteiger partial charge in [0.2, 0.25) is 0 Å². The van der Waals surface area contributed by atoms with Crippen molar-refractivity contribution in [3.8, 4) is 28.1 Å². The van der Waals surface area contributed by atoms with Gasteiger partial charge in [0.05, 0.1) is 24.1 Å². The first-order valence-corrected chi connectivity index (χ1v) is 12.3. The van der Waals surface area contributed by atoms with Gasteiger partial charge >= 0.3 is 5.97 Å². The Morgan fingerprint density at radius 1 is 0.882 bits per heavy atom. The summed E-state index contributed by atoms with van der Waals surface area (Å²) in [5.74, 6) is -0.320. The van der Waals surface area contributed by atoms with Crippen molar-refractivity contribution in [2.24, 2.45) is 0 Å². The van der Waals surface area contributed by atoms with E-state index in [4.69, 9.17) is 4.74 Å². The number of nitrogens with one attached hydrogen (secondary N) is 1. The largest absolute Gasteiger partial charge is 0.465 e. The highest BCUT2D eigenvalue weighted by molar-refractivity contribution is 7.98. The maximum Gasteiger partial charge on any atom is 0.339 e. The van der Waals surface area contributed by atoms with E-state index in [1.165, 1.54) is 17.9 Å². The van der Waals surface area contributed by atoms with Crippen LogP contribution in [0.5, 0.6) is 0 Å². The molecule has 4 nitrogen and oxygen atoms in total. The van der Waals surface area contributed by atoms with Gasteiger partial charge in [-0.1, -0.05) is 54.6 Å². The quantitative estimate of drug-likeness (QED) is 0.219. The monoisotopic (exact) mass is 462 g/mol. The number of carbonyl (C=O) groups is 1. The number of methoxy groups -OCH3 is 1. The lowest BCUT2D eigenvalue weighted by molar-refractivity contribution is 0.0599. The number of rotatable bonds is 4. The number of aromatic amines is 1. The van der Waals surface area contributed by atoms with Crippen molar-refractivity contribution in [2.45, 2.75) is 4.90 Å². The summed E-state index contributed by atoms with van der Waals surface area (Å²) >= 11 is 1.56. The summed E-state index contributed by atoms with van der Waals surface area (Å²) in [5, 5.41) is 7.84. The maximum atomic E-state index is 13.0. The Morgan fingerprint density at radius 2 is 1.65 bits per heavy atom. The predicted octanol–water partition coefficient (Wildman–Crippen LogP) is 7.39. The van der Waals surface area contributed by atoms with Crippen molar-refractivity contribution in [3.63, 3.8) is 0 Å². The smallest absolute Gasteiger partial charge is 0.339 e. The summed E-state index contributed by atoms with van der Waals surface area (Å²) in [4.78, 5) is 13.9. The number of nitrogens with zero attached hydrogens (tertiary/aromatic N) is 1. The number of fused-ring (bicyclic) bond motifs is 4. The fourth-order valence-electron chi connectivity index (χ4n) is 4.77. The van der Waals surface area contributed by atoms with E-state index in [1.807, 2.05) is 41.3 Å². The minimum absolute atomic E-state index is 0.320. The van der Waals surface area contributed by atoms with Crippen LogP contribution in [-0.4, -0.2) is 29.1 Å². The van der Waals surface area contributed by atoms with Gasteiger partial charge in [-0.25, -0.2) is 4.79 Å². The Labute approximate surface area is 201 Å². The first kappa shape index (κ1) is 20.6. The molecule has 1 aliphatic heterocycles. The van der Waals surface area contributed by atoms with Crippen LogP contribution in [0.4, 0.5) is 0 Å². The van der Waals surface area contributed by atoms with Crippen LogP contribution in [0.2, 0.25) is 0 Å². The number of carbonyl (C=O) groups excluding carboxylic acids is 1. The molecule has 1 heterocycles. The van der Waals surface area contributed by atoms with E-state index in [0.717, 1.165) is 43.7 Å². The van der Waals surface area contributed by atoms with Gasteiger partial charge in [0, 0.05) is 22.0 Å². The van der Waals surface area contributed by atoms with E-state index in [9.17, 15) is 4.79 Å². The van der Waals surface area contributed by atoms with Crippen LogP contribution in [-0.2, 0) is 4.74 Å². The molecular formula is C29H22N2O2S. The third-order valence-electron chi connectivity index (χ3n) is 6.38. The van der Waals surface area contributed by atoms with Crippen LogP contribution in [0.3, 0.4) is 0 Å². The minimum Gasteiger partial charge on any atom is -0.465 e. The molecule has 166 valence electrons. The highest BCUT2D eigenvalue weighted by atomic mass is 32.2. The minimum atomic E-state index is -0.320. The molecule has 34 heavy (non-hydrogen) atoms. The number of hydrogen-bond acceptors (Lipinski definition) is 3. The molecule has 0 fully saturated rings. The standard InChI is InChI=1S/C29H22N2O2S/c1-33-29(32)28-26(34-2)16-22(20-13-12-18-8-6-7-9-19(18)14-20)23-15-25-24(27(23)28)17-31(30-25)21-10-4-3-5-11-21/h3-17,30H,1-2H3. The zero-order chi connectivity index (χ0) is 23.2. The molecule has 2 aliphatic rings. The molecule has 0 saturated carbocycles. The van der Waals surface area contributed by atoms with E-state index >= 15 is 0 Å². The molecule has 0 spiro atoms. The highest BCUT2D eigenvalue weighted by Gasteiger charge is 2.26. The van der Waals surface area contributed by atoms with Crippen molar-refractivity contribution >= 4 is 39.3 Å². The normalized spacial score (nSPS) is 11.5. The lowest BCUT2D eigenvalue weighted by Crippen LogP contribution is -2.04. The van der Waals surface area contributed by atoms with Crippen molar-refractivity contribution in [2.75, 3.05) is 13.4 Å². The first-order valence-electron chi connectivity index (χ1n) is 11.1. The third-order valence-corrected chi connectivity index (χ3v) is 7.14. The van der Waals surface area contributed by atoms with Gasteiger partial charge < -0.3 is 4.74 Å². The van der Waals surface area contributed by atoms with Crippen LogP contribution in [0, 0.1) is 0 Å². The van der Waals surface area contributed by atoms with Crippen LogP contribution in [0.15, 0.2) is 96.0 Å². The molecule has 5 heteroatoms. The Kier molecular flexibility index (Phi) is 4.93. The summed E-state index contributed by atoms with van der Waals surface area (Å²) in [7, 11) is 1.44. The molecule has 0 atom stereocenters. The molecule has 0 radical (unpaired) electrons. The van der Waals surface area contributed by atoms with E-state index in [0.29, 0.717) is 5.56 Å². The van der Waals surface area contributed by atoms with Crippen molar-refractivity contribution in [3.05, 3.63) is 96.7 Å². The zero-order valence-corrected chi connectivity index (χ0v) is 19.6. The van der Waals surface area contributed by atoms with Crippen LogP contribution in [0.1, 0.15) is 10.4 Å². The maximum absolute atomic E-state index is 13.0. The lowest BCUT2D eigenvalue weighted by Gasteiger charge is -2.13. The second kappa shape index (κ2) is 8.12. The van der Waals surface area contributed by atoms with Gasteiger partial charge in [-0.3, -0.25) is 9.78 Å². The van der Waals surface area contributed by atoms with Crippen molar-refractivity contribution in [1.82, 2.24) is 9.78 Å². The van der Waals surface area contributed by atoms with E-state index in [2.05, 4.69) is 65.9 Å². The Hall–Kier alpha value is -3.96. The molecule has 1 N–H and O–H groups in total. The van der Waals surface area contributed by atoms with E-state index in [-0.39, 0.29) is 5.97 Å². The second-order valence-corrected chi connectivity index (χ2v) is 9.11. The summed E-state index contributed by atoms with van der Waals surface area (Å²) in [5.41, 5.74) is 5.85. The number of hydrogen-bond donors (Lipinski definition) is 1. The summed E-state index contributed by atoms with van der Waals surface area (Å²) in [6.45, 7) is 0. The van der Waals surface area contributed by atoms with Crippen molar-refractivity contribution < 1.29 is 9.53 Å². The molecule has 0 aromatic heterocycles. The highest BCUT2D eigenvalue weighted by Crippen LogP contribution is 2.45. The van der Waals surface area contributed by atoms with Gasteiger partial charge in [0.15, 0.2) is 0 Å². The number of benzene rings is 4. The summed E-state index contributed by atoms with van der Waals surface area (Å²) < 4.78 is 7.22. The molecular weight excluding hydrogens is 440 g/mol. The summed E-state index contributed by atoms with van der Waals surface area (Å²) in [6, 6.07) is 29.3. The Bertz CT molecular complexity index is 1650. The number of ether oxygens (including phenoxy) is 1. The summed E-state index contributed by atoms with van der Waals surface area (Å²) in [6.07, 6.45) is 4.06. The average molecular weight is 463 g/mol. The fraction of sp³-hybridized carbons (Fsp3) is 0.0690. The second-order valence-electron chi connectivity index (χ2n) is 8.26. The Balaban J connectivity index is 1.67.